The van der Waals surface area contributed by atoms with Gasteiger partial charge in [-0.05, 0) is 26.2 Å². The van der Waals surface area contributed by atoms with Crippen LogP contribution in [0.3, 0.4) is 0 Å². The number of carbonyl (C=O) groups excluding carboxylic acids is 2. The summed E-state index contributed by atoms with van der Waals surface area (Å²) in [5.41, 5.74) is 1.05. The number of rotatable bonds is 10. The van der Waals surface area contributed by atoms with Gasteiger partial charge in [-0.2, -0.15) is 5.26 Å². The summed E-state index contributed by atoms with van der Waals surface area (Å²) in [6.07, 6.45) is 0. The number of carbonyl (C=O) groups is 2. The van der Waals surface area contributed by atoms with Crippen molar-refractivity contribution in [1.82, 2.24) is 19.8 Å². The molecule has 0 aliphatic rings. The van der Waals surface area contributed by atoms with Crippen LogP contribution in [0.25, 0.3) is 20.4 Å². The van der Waals surface area contributed by atoms with Crippen LogP contribution in [0.15, 0.2) is 0 Å². The fourth-order valence-electron chi connectivity index (χ4n) is 3.32. The Hall–Kier alpha value is -2.36. The molecule has 0 spiro atoms. The van der Waals surface area contributed by atoms with Gasteiger partial charge in [0.25, 0.3) is 0 Å². The van der Waals surface area contributed by atoms with Crippen LogP contribution in [0, 0.1) is 11.3 Å². The molecule has 0 fully saturated rings. The molecule has 0 aliphatic heterocycles. The zero-order valence-electron chi connectivity index (χ0n) is 19.0. The fraction of sp³-hybridized carbons (Fsp3) is 0.476. The summed E-state index contributed by atoms with van der Waals surface area (Å²) in [7, 11) is 0. The SMILES string of the molecule is CCN(CC)CC(=O)Nc1nc2c(C#N)c3nc(NC(=O)CN(CC)CC)sc3c(Cl)c2s1. The molecule has 2 aromatic heterocycles. The van der Waals surface area contributed by atoms with Crippen LogP contribution in [-0.4, -0.2) is 70.9 Å². The lowest BCUT2D eigenvalue weighted by Crippen LogP contribution is -2.32. The molecule has 0 aliphatic carbocycles. The normalized spacial score (nSPS) is 11.5. The summed E-state index contributed by atoms with van der Waals surface area (Å²) >= 11 is 9.08. The monoisotopic (exact) mass is 507 g/mol. The number of amides is 2. The average molecular weight is 508 g/mol. The highest BCUT2D eigenvalue weighted by atomic mass is 35.5. The molecule has 176 valence electrons. The summed E-state index contributed by atoms with van der Waals surface area (Å²) in [5, 5.41) is 16.6. The quantitative estimate of drug-likeness (QED) is 0.426. The maximum Gasteiger partial charge on any atom is 0.240 e. The minimum atomic E-state index is -0.175. The van der Waals surface area contributed by atoms with E-state index in [1.807, 2.05) is 37.5 Å². The lowest BCUT2D eigenvalue weighted by molar-refractivity contribution is -0.118. The molecule has 0 unspecified atom stereocenters. The molecule has 0 atom stereocenters. The van der Waals surface area contributed by atoms with E-state index >= 15 is 0 Å². The van der Waals surface area contributed by atoms with E-state index in [4.69, 9.17) is 11.6 Å². The molecule has 12 heteroatoms. The van der Waals surface area contributed by atoms with Gasteiger partial charge in [-0.1, -0.05) is 62.0 Å². The van der Waals surface area contributed by atoms with Crippen LogP contribution >= 0.6 is 34.3 Å². The number of benzene rings is 1. The van der Waals surface area contributed by atoms with Crippen LogP contribution in [-0.2, 0) is 9.59 Å². The molecular formula is C21H26ClN7O2S2. The molecule has 2 heterocycles. The van der Waals surface area contributed by atoms with Gasteiger partial charge in [-0.25, -0.2) is 9.97 Å². The highest BCUT2D eigenvalue weighted by Crippen LogP contribution is 2.43. The van der Waals surface area contributed by atoms with Crippen LogP contribution in [0.5, 0.6) is 0 Å². The van der Waals surface area contributed by atoms with E-state index in [2.05, 4.69) is 26.7 Å². The molecule has 1 aromatic carbocycles. The predicted octanol–water partition coefficient (Wildman–Crippen LogP) is 3.99. The number of likely N-dealkylation sites (N-methyl/N-ethyl adjacent to an activating group) is 2. The molecule has 9 nitrogen and oxygen atoms in total. The summed E-state index contributed by atoms with van der Waals surface area (Å²) in [6.45, 7) is 11.6. The number of hydrogen-bond acceptors (Lipinski definition) is 9. The second kappa shape index (κ2) is 11.2. The van der Waals surface area contributed by atoms with Gasteiger partial charge in [0, 0.05) is 0 Å². The maximum atomic E-state index is 12.4. The Labute approximate surface area is 205 Å². The molecule has 3 rings (SSSR count). The van der Waals surface area contributed by atoms with Crippen LogP contribution in [0.1, 0.15) is 33.3 Å². The Morgan fingerprint density at radius 3 is 1.61 bits per heavy atom. The van der Waals surface area contributed by atoms with Gasteiger partial charge < -0.3 is 10.6 Å². The summed E-state index contributed by atoms with van der Waals surface area (Å²) < 4.78 is 1.20. The number of fused-ring (bicyclic) bond motifs is 2. The number of anilines is 2. The molecule has 0 radical (unpaired) electrons. The smallest absolute Gasteiger partial charge is 0.240 e. The third kappa shape index (κ3) is 5.59. The highest BCUT2D eigenvalue weighted by molar-refractivity contribution is 7.25. The Balaban J connectivity index is 1.91. The first-order valence-electron chi connectivity index (χ1n) is 10.7. The van der Waals surface area contributed by atoms with Gasteiger partial charge in [-0.3, -0.25) is 19.4 Å². The van der Waals surface area contributed by atoms with E-state index in [0.717, 1.165) is 26.2 Å². The van der Waals surface area contributed by atoms with E-state index in [1.54, 1.807) is 0 Å². The van der Waals surface area contributed by atoms with Crippen molar-refractivity contribution < 1.29 is 9.59 Å². The topological polar surface area (TPSA) is 114 Å². The van der Waals surface area contributed by atoms with Crippen molar-refractivity contribution in [2.45, 2.75) is 27.7 Å². The second-order valence-electron chi connectivity index (χ2n) is 7.21. The van der Waals surface area contributed by atoms with Crippen LogP contribution < -0.4 is 10.6 Å². The molecule has 33 heavy (non-hydrogen) atoms. The summed E-state index contributed by atoms with van der Waals surface area (Å²) in [5.74, 6) is -0.351. The van der Waals surface area contributed by atoms with Crippen molar-refractivity contribution in [2.24, 2.45) is 0 Å². The summed E-state index contributed by atoms with van der Waals surface area (Å²) in [6, 6.07) is 2.16. The van der Waals surface area contributed by atoms with Crippen molar-refractivity contribution >= 4 is 76.8 Å². The minimum Gasteiger partial charge on any atom is -0.301 e. The number of aromatic nitrogens is 2. The first-order chi connectivity index (χ1) is 15.8. The Bertz CT molecular complexity index is 1130. The van der Waals surface area contributed by atoms with Crippen LogP contribution in [0.2, 0.25) is 5.02 Å². The standard InChI is InChI=1S/C21H26ClN7O2S2/c1-5-28(6-2)10-13(30)24-20-26-16-12(9-23)17-19(15(22)18(16)32-20)33-21(27-17)25-14(31)11-29(7-3)8-4/h5-8,10-11H2,1-4H3,(H,24,26,30)(H,25,27,31). The zero-order chi connectivity index (χ0) is 24.1. The van der Waals surface area contributed by atoms with Gasteiger partial charge in [0.05, 0.1) is 27.5 Å². The fourth-order valence-corrected chi connectivity index (χ4v) is 5.66. The van der Waals surface area contributed by atoms with Crippen molar-refractivity contribution in [3.8, 4) is 6.07 Å². The molecule has 3 aromatic rings. The number of nitrogens with zero attached hydrogens (tertiary/aromatic N) is 5. The molecule has 2 N–H and O–H groups in total. The molecule has 0 bridgehead atoms. The van der Waals surface area contributed by atoms with Crippen molar-refractivity contribution in [3.05, 3.63) is 10.6 Å². The Kier molecular flexibility index (Phi) is 8.56. The number of nitriles is 1. The predicted molar refractivity (Wildman–Crippen MR) is 135 cm³/mol. The number of hydrogen-bond donors (Lipinski definition) is 2. The zero-order valence-corrected chi connectivity index (χ0v) is 21.4. The van der Waals surface area contributed by atoms with E-state index in [9.17, 15) is 14.9 Å². The van der Waals surface area contributed by atoms with Gasteiger partial charge in [0.15, 0.2) is 10.3 Å². The van der Waals surface area contributed by atoms with Crippen LogP contribution in [0.4, 0.5) is 10.3 Å². The Morgan fingerprint density at radius 1 is 0.879 bits per heavy atom. The molecule has 0 saturated heterocycles. The lowest BCUT2D eigenvalue weighted by atomic mass is 10.2. The van der Waals surface area contributed by atoms with E-state index < -0.39 is 0 Å². The average Bonchev–Trinajstić information content (AvgIpc) is 3.40. The van der Waals surface area contributed by atoms with E-state index in [1.165, 1.54) is 22.7 Å². The minimum absolute atomic E-state index is 0.175. The largest absolute Gasteiger partial charge is 0.301 e. The number of nitrogens with one attached hydrogen (secondary N) is 2. The van der Waals surface area contributed by atoms with Gasteiger partial charge in [0.2, 0.25) is 11.8 Å². The van der Waals surface area contributed by atoms with Gasteiger partial charge in [-0.15, -0.1) is 0 Å². The first kappa shape index (κ1) is 25.3. The highest BCUT2D eigenvalue weighted by Gasteiger charge is 2.22. The third-order valence-electron chi connectivity index (χ3n) is 5.25. The van der Waals surface area contributed by atoms with Crippen molar-refractivity contribution in [3.63, 3.8) is 0 Å². The van der Waals surface area contributed by atoms with Gasteiger partial charge >= 0.3 is 0 Å². The number of halogens is 1. The molecule has 0 saturated carbocycles. The van der Waals surface area contributed by atoms with E-state index in [0.29, 0.717) is 35.7 Å². The van der Waals surface area contributed by atoms with Crippen molar-refractivity contribution in [1.29, 1.82) is 5.26 Å². The maximum absolute atomic E-state index is 12.4. The van der Waals surface area contributed by atoms with E-state index in [-0.39, 0.29) is 30.5 Å². The first-order valence-corrected chi connectivity index (χ1v) is 12.7. The van der Waals surface area contributed by atoms with Gasteiger partial charge in [0.1, 0.15) is 22.7 Å². The second-order valence-corrected chi connectivity index (χ2v) is 9.59. The molecular weight excluding hydrogens is 482 g/mol. The Morgan fingerprint density at radius 2 is 1.27 bits per heavy atom. The lowest BCUT2D eigenvalue weighted by Gasteiger charge is -2.16. The van der Waals surface area contributed by atoms with Crippen molar-refractivity contribution in [2.75, 3.05) is 49.9 Å². The third-order valence-corrected chi connectivity index (χ3v) is 7.83. The number of thiazole rings is 2. The summed E-state index contributed by atoms with van der Waals surface area (Å²) in [4.78, 5) is 37.6. The molecule has 2 amide bonds.